The minimum absolute atomic E-state index is 0.531. The largest absolute Gasteiger partial charge is 0.481 e. The van der Waals surface area contributed by atoms with Gasteiger partial charge in [0.25, 0.3) is 0 Å². The number of carboxylic acid groups (broad SMARTS) is 1. The lowest BCUT2D eigenvalue weighted by molar-refractivity contribution is -0.140. The topological polar surface area (TPSA) is 63.3 Å². The van der Waals surface area contributed by atoms with Crippen molar-refractivity contribution in [3.63, 3.8) is 0 Å². The molecule has 1 heterocycles. The molecule has 1 aromatic carbocycles. The van der Waals surface area contributed by atoms with E-state index in [-0.39, 0.29) is 0 Å². The van der Waals surface area contributed by atoms with Crippen molar-refractivity contribution >= 4 is 5.97 Å². The molecule has 0 aliphatic heterocycles. The van der Waals surface area contributed by atoms with Crippen LogP contribution in [-0.4, -0.2) is 16.2 Å². The van der Waals surface area contributed by atoms with Gasteiger partial charge in [0.2, 0.25) is 0 Å². The van der Waals surface area contributed by atoms with Crippen LogP contribution in [0.1, 0.15) is 18.5 Å². The third-order valence-electron chi connectivity index (χ3n) is 3.22. The van der Waals surface area contributed by atoms with Gasteiger partial charge in [-0.2, -0.15) is 0 Å². The van der Waals surface area contributed by atoms with Crippen molar-refractivity contribution in [1.29, 1.82) is 0 Å². The number of benzene rings is 1. The van der Waals surface area contributed by atoms with Crippen LogP contribution in [0.2, 0.25) is 0 Å². The molecule has 4 nitrogen and oxygen atoms in total. The Morgan fingerprint density at radius 3 is 2.59 bits per heavy atom. The molecule has 0 saturated heterocycles. The lowest BCUT2D eigenvalue weighted by Gasteiger charge is -2.02. The number of carbonyl (C=O) groups is 1. The number of aliphatic carboxylic acids is 1. The molecule has 1 saturated carbocycles. The summed E-state index contributed by atoms with van der Waals surface area (Å²) in [6, 6.07) is 11.3. The first-order valence-electron chi connectivity index (χ1n) is 5.48. The molecule has 0 radical (unpaired) electrons. The zero-order chi connectivity index (χ0) is 11.9. The van der Waals surface area contributed by atoms with E-state index in [9.17, 15) is 4.79 Å². The molecular weight excluding hydrogens is 218 g/mol. The first-order valence-corrected chi connectivity index (χ1v) is 5.48. The van der Waals surface area contributed by atoms with Crippen LogP contribution < -0.4 is 0 Å². The van der Waals surface area contributed by atoms with Crippen molar-refractivity contribution in [2.45, 2.75) is 18.3 Å². The lowest BCUT2D eigenvalue weighted by atomic mass is 10.0. The summed E-state index contributed by atoms with van der Waals surface area (Å²) in [7, 11) is 0. The fraction of sp³-hybridized carbons (Fsp3) is 0.231. The van der Waals surface area contributed by atoms with E-state index in [1.54, 1.807) is 6.07 Å². The van der Waals surface area contributed by atoms with Crippen LogP contribution in [0.15, 0.2) is 40.9 Å². The zero-order valence-electron chi connectivity index (χ0n) is 9.09. The summed E-state index contributed by atoms with van der Waals surface area (Å²) in [4.78, 5) is 11.1. The molecule has 2 aromatic rings. The molecule has 17 heavy (non-hydrogen) atoms. The third kappa shape index (κ3) is 1.53. The quantitative estimate of drug-likeness (QED) is 0.878. The van der Waals surface area contributed by atoms with Crippen LogP contribution >= 0.6 is 0 Å². The Balaban J connectivity index is 1.97. The first kappa shape index (κ1) is 10.1. The van der Waals surface area contributed by atoms with E-state index < -0.39 is 11.4 Å². The monoisotopic (exact) mass is 229 g/mol. The molecule has 1 aromatic heterocycles. The maximum Gasteiger partial charge on any atom is 0.315 e. The van der Waals surface area contributed by atoms with Gasteiger partial charge in [-0.25, -0.2) is 0 Å². The van der Waals surface area contributed by atoms with Gasteiger partial charge in [0.15, 0.2) is 5.76 Å². The number of hydrogen-bond donors (Lipinski definition) is 1. The summed E-state index contributed by atoms with van der Waals surface area (Å²) in [5.41, 5.74) is 0.646. The van der Waals surface area contributed by atoms with Gasteiger partial charge < -0.3 is 9.63 Å². The van der Waals surface area contributed by atoms with Crippen LogP contribution in [0.4, 0.5) is 0 Å². The van der Waals surface area contributed by atoms with Gasteiger partial charge in [-0.05, 0) is 12.8 Å². The Morgan fingerprint density at radius 1 is 1.29 bits per heavy atom. The summed E-state index contributed by atoms with van der Waals surface area (Å²) < 4.78 is 5.21. The SMILES string of the molecule is O=C(O)C1(c2cc(-c3ccccc3)on2)CC1. The van der Waals surface area contributed by atoms with Crippen molar-refractivity contribution in [3.05, 3.63) is 42.1 Å². The molecule has 3 rings (SSSR count). The number of aromatic nitrogens is 1. The molecule has 0 atom stereocenters. The Hall–Kier alpha value is -2.10. The fourth-order valence-corrected chi connectivity index (χ4v) is 1.94. The third-order valence-corrected chi connectivity index (χ3v) is 3.22. The second kappa shape index (κ2) is 3.45. The summed E-state index contributed by atoms with van der Waals surface area (Å²) in [6.07, 6.45) is 1.28. The number of hydrogen-bond acceptors (Lipinski definition) is 3. The maximum absolute atomic E-state index is 11.1. The molecule has 1 aliphatic carbocycles. The van der Waals surface area contributed by atoms with Gasteiger partial charge >= 0.3 is 5.97 Å². The first-order chi connectivity index (χ1) is 8.22. The highest BCUT2D eigenvalue weighted by molar-refractivity contribution is 5.84. The molecule has 86 valence electrons. The van der Waals surface area contributed by atoms with Crippen LogP contribution in [0.25, 0.3) is 11.3 Å². The van der Waals surface area contributed by atoms with E-state index in [1.807, 2.05) is 30.3 Å². The van der Waals surface area contributed by atoms with Crippen molar-refractivity contribution in [2.24, 2.45) is 0 Å². The van der Waals surface area contributed by atoms with Crippen molar-refractivity contribution in [2.75, 3.05) is 0 Å². The van der Waals surface area contributed by atoms with E-state index >= 15 is 0 Å². The highest BCUT2D eigenvalue weighted by atomic mass is 16.5. The van der Waals surface area contributed by atoms with Gasteiger partial charge in [-0.15, -0.1) is 0 Å². The van der Waals surface area contributed by atoms with Crippen LogP contribution in [0, 0.1) is 0 Å². The van der Waals surface area contributed by atoms with E-state index in [0.29, 0.717) is 24.3 Å². The number of carboxylic acids is 1. The van der Waals surface area contributed by atoms with Crippen molar-refractivity contribution in [1.82, 2.24) is 5.16 Å². The average molecular weight is 229 g/mol. The van der Waals surface area contributed by atoms with Crippen LogP contribution in [-0.2, 0) is 10.2 Å². The Morgan fingerprint density at radius 2 is 2.00 bits per heavy atom. The van der Waals surface area contributed by atoms with E-state index in [1.165, 1.54) is 0 Å². The zero-order valence-corrected chi connectivity index (χ0v) is 9.09. The molecule has 0 amide bonds. The molecule has 1 N–H and O–H groups in total. The highest BCUT2D eigenvalue weighted by Crippen LogP contribution is 2.48. The molecule has 4 heteroatoms. The van der Waals surface area contributed by atoms with E-state index in [2.05, 4.69) is 5.16 Å². The van der Waals surface area contributed by atoms with Gasteiger partial charge in [0.05, 0.1) is 0 Å². The Kier molecular flexibility index (Phi) is 2.04. The lowest BCUT2D eigenvalue weighted by Crippen LogP contribution is -2.19. The Labute approximate surface area is 97.9 Å². The molecule has 0 spiro atoms. The van der Waals surface area contributed by atoms with Gasteiger partial charge in [0.1, 0.15) is 11.1 Å². The summed E-state index contributed by atoms with van der Waals surface area (Å²) in [6.45, 7) is 0. The molecule has 1 fully saturated rings. The molecule has 1 aliphatic rings. The second-order valence-electron chi connectivity index (χ2n) is 4.33. The number of rotatable bonds is 3. The van der Waals surface area contributed by atoms with Crippen LogP contribution in [0.5, 0.6) is 0 Å². The summed E-state index contributed by atoms with van der Waals surface area (Å²) in [5, 5.41) is 13.0. The Bertz CT molecular complexity index is 555. The maximum atomic E-state index is 11.1. The van der Waals surface area contributed by atoms with Crippen LogP contribution in [0.3, 0.4) is 0 Å². The summed E-state index contributed by atoms with van der Waals surface area (Å²) >= 11 is 0. The van der Waals surface area contributed by atoms with Gasteiger partial charge in [0, 0.05) is 11.6 Å². The average Bonchev–Trinajstić information content (AvgIpc) is 3.02. The predicted molar refractivity (Wildman–Crippen MR) is 60.5 cm³/mol. The van der Waals surface area contributed by atoms with Crippen molar-refractivity contribution < 1.29 is 14.4 Å². The molecular formula is C13H11NO3. The minimum atomic E-state index is -0.814. The standard InChI is InChI=1S/C13H11NO3/c15-12(16)13(6-7-13)11-8-10(17-14-11)9-4-2-1-3-5-9/h1-5,8H,6-7H2,(H,15,16). The molecule has 0 bridgehead atoms. The van der Waals surface area contributed by atoms with E-state index in [0.717, 1.165) is 5.56 Å². The number of nitrogens with zero attached hydrogens (tertiary/aromatic N) is 1. The minimum Gasteiger partial charge on any atom is -0.481 e. The summed E-state index contributed by atoms with van der Waals surface area (Å²) in [5.74, 6) is -0.196. The van der Waals surface area contributed by atoms with Gasteiger partial charge in [-0.3, -0.25) is 4.79 Å². The highest BCUT2D eigenvalue weighted by Gasteiger charge is 2.54. The smallest absolute Gasteiger partial charge is 0.315 e. The normalized spacial score (nSPS) is 16.7. The van der Waals surface area contributed by atoms with E-state index in [4.69, 9.17) is 9.63 Å². The van der Waals surface area contributed by atoms with Crippen molar-refractivity contribution in [3.8, 4) is 11.3 Å². The second-order valence-corrected chi connectivity index (χ2v) is 4.33. The fourth-order valence-electron chi connectivity index (χ4n) is 1.94. The molecule has 0 unspecified atom stereocenters. The predicted octanol–water partition coefficient (Wildman–Crippen LogP) is 2.46. The van der Waals surface area contributed by atoms with Gasteiger partial charge in [-0.1, -0.05) is 35.5 Å².